The van der Waals surface area contributed by atoms with Crippen LogP contribution in [-0.4, -0.2) is 25.7 Å². The number of hydrogen-bond donors (Lipinski definition) is 2. The van der Waals surface area contributed by atoms with Crippen LogP contribution in [0.4, 0.5) is 11.4 Å². The zero-order valence-electron chi connectivity index (χ0n) is 14.2. The zero-order valence-corrected chi connectivity index (χ0v) is 15.7. The van der Waals surface area contributed by atoms with Crippen molar-refractivity contribution in [2.45, 2.75) is 19.9 Å². The van der Waals surface area contributed by atoms with Gasteiger partial charge in [0, 0.05) is 27.5 Å². The van der Waals surface area contributed by atoms with E-state index in [0.29, 0.717) is 33.8 Å². The van der Waals surface area contributed by atoms with E-state index in [0.717, 1.165) is 5.69 Å². The Bertz CT molecular complexity index is 733. The predicted molar refractivity (Wildman–Crippen MR) is 102 cm³/mol. The van der Waals surface area contributed by atoms with Crippen LogP contribution in [0.3, 0.4) is 0 Å². The van der Waals surface area contributed by atoms with Gasteiger partial charge in [0.2, 0.25) is 5.91 Å². The second-order valence-electron chi connectivity index (χ2n) is 5.31. The SMILES string of the molecule is CCOc1ccc(N[C@H](C)C(=O)Nc2cc(Cl)cc(Cl)c2)cc1OC. The molecule has 0 aromatic heterocycles. The predicted octanol–water partition coefficient (Wildman–Crippen LogP) is 4.84. The van der Waals surface area contributed by atoms with Crippen LogP contribution < -0.4 is 20.1 Å². The van der Waals surface area contributed by atoms with Crippen LogP contribution in [0, 0.1) is 0 Å². The molecule has 0 aliphatic rings. The molecule has 0 saturated heterocycles. The summed E-state index contributed by atoms with van der Waals surface area (Å²) in [4.78, 5) is 12.3. The topological polar surface area (TPSA) is 59.6 Å². The molecule has 2 aromatic carbocycles. The number of carbonyl (C=O) groups is 1. The summed E-state index contributed by atoms with van der Waals surface area (Å²) in [5.74, 6) is 1.04. The van der Waals surface area contributed by atoms with Gasteiger partial charge in [0.15, 0.2) is 11.5 Å². The first kappa shape index (κ1) is 19.2. The Morgan fingerprint density at radius 2 is 1.76 bits per heavy atom. The number of nitrogens with one attached hydrogen (secondary N) is 2. The molecule has 2 N–H and O–H groups in total. The minimum Gasteiger partial charge on any atom is -0.493 e. The van der Waals surface area contributed by atoms with Gasteiger partial charge in [0.1, 0.15) is 6.04 Å². The highest BCUT2D eigenvalue weighted by molar-refractivity contribution is 6.35. The molecular weight excluding hydrogens is 363 g/mol. The van der Waals surface area contributed by atoms with E-state index in [9.17, 15) is 4.79 Å². The Kier molecular flexibility index (Phi) is 6.79. The minimum absolute atomic E-state index is 0.216. The molecule has 134 valence electrons. The number of benzene rings is 2. The molecule has 0 aliphatic heterocycles. The smallest absolute Gasteiger partial charge is 0.246 e. The Labute approximate surface area is 157 Å². The van der Waals surface area contributed by atoms with Crippen molar-refractivity contribution in [3.8, 4) is 11.5 Å². The van der Waals surface area contributed by atoms with Crippen molar-refractivity contribution in [2.24, 2.45) is 0 Å². The third kappa shape index (κ3) is 5.44. The van der Waals surface area contributed by atoms with E-state index in [1.165, 1.54) is 0 Å². The Morgan fingerprint density at radius 3 is 2.36 bits per heavy atom. The summed E-state index contributed by atoms with van der Waals surface area (Å²) in [5, 5.41) is 6.82. The van der Waals surface area contributed by atoms with Crippen LogP contribution in [0.1, 0.15) is 13.8 Å². The summed E-state index contributed by atoms with van der Waals surface area (Å²) in [6.45, 7) is 4.20. The molecule has 25 heavy (non-hydrogen) atoms. The highest BCUT2D eigenvalue weighted by Crippen LogP contribution is 2.30. The summed E-state index contributed by atoms with van der Waals surface area (Å²) in [5.41, 5.74) is 1.28. The standard InChI is InChI=1S/C18H20Cl2N2O3/c1-4-25-16-6-5-14(10-17(16)24-3)21-11(2)18(23)22-15-8-12(19)7-13(20)9-15/h5-11,21H,4H2,1-3H3,(H,22,23)/t11-/m1/s1. The van der Waals surface area contributed by atoms with Gasteiger partial charge in [-0.1, -0.05) is 23.2 Å². The van der Waals surface area contributed by atoms with Gasteiger partial charge < -0.3 is 20.1 Å². The lowest BCUT2D eigenvalue weighted by atomic mass is 10.2. The van der Waals surface area contributed by atoms with Gasteiger partial charge >= 0.3 is 0 Å². The molecule has 0 heterocycles. The van der Waals surface area contributed by atoms with Crippen LogP contribution in [-0.2, 0) is 4.79 Å². The number of halogens is 2. The van der Waals surface area contributed by atoms with E-state index < -0.39 is 6.04 Å². The van der Waals surface area contributed by atoms with Crippen LogP contribution >= 0.6 is 23.2 Å². The van der Waals surface area contributed by atoms with Crippen molar-refractivity contribution in [3.05, 3.63) is 46.4 Å². The summed E-state index contributed by atoms with van der Waals surface area (Å²) in [7, 11) is 1.57. The molecule has 0 fully saturated rings. The first-order chi connectivity index (χ1) is 11.9. The highest BCUT2D eigenvalue weighted by atomic mass is 35.5. The molecule has 0 radical (unpaired) electrons. The third-order valence-electron chi connectivity index (χ3n) is 3.37. The van der Waals surface area contributed by atoms with Gasteiger partial charge in [0.05, 0.1) is 13.7 Å². The Hall–Kier alpha value is -2.11. The van der Waals surface area contributed by atoms with E-state index in [1.807, 2.05) is 13.0 Å². The Balaban J connectivity index is 2.05. The molecule has 0 saturated carbocycles. The van der Waals surface area contributed by atoms with Crippen molar-refractivity contribution in [3.63, 3.8) is 0 Å². The second kappa shape index (κ2) is 8.83. The fraction of sp³-hybridized carbons (Fsp3) is 0.278. The second-order valence-corrected chi connectivity index (χ2v) is 6.18. The number of carbonyl (C=O) groups excluding carboxylic acids is 1. The molecule has 1 amide bonds. The van der Waals surface area contributed by atoms with Gasteiger partial charge in [0.25, 0.3) is 0 Å². The van der Waals surface area contributed by atoms with Crippen LogP contribution in [0.5, 0.6) is 11.5 Å². The number of hydrogen-bond acceptors (Lipinski definition) is 4. The number of methoxy groups -OCH3 is 1. The molecule has 0 unspecified atom stereocenters. The molecule has 5 nitrogen and oxygen atoms in total. The molecule has 0 spiro atoms. The molecule has 7 heteroatoms. The lowest BCUT2D eigenvalue weighted by Crippen LogP contribution is -2.31. The quantitative estimate of drug-likeness (QED) is 0.718. The normalized spacial score (nSPS) is 11.6. The molecule has 1 atom stereocenters. The van der Waals surface area contributed by atoms with E-state index in [-0.39, 0.29) is 5.91 Å². The molecule has 0 bridgehead atoms. The molecule has 2 aromatic rings. The molecule has 2 rings (SSSR count). The average Bonchev–Trinajstić information content (AvgIpc) is 2.55. The number of amides is 1. The van der Waals surface area contributed by atoms with Gasteiger partial charge in [-0.15, -0.1) is 0 Å². The maximum absolute atomic E-state index is 12.3. The van der Waals surface area contributed by atoms with E-state index in [1.54, 1.807) is 44.4 Å². The maximum Gasteiger partial charge on any atom is 0.246 e. The monoisotopic (exact) mass is 382 g/mol. The molecule has 0 aliphatic carbocycles. The van der Waals surface area contributed by atoms with Crippen LogP contribution in [0.15, 0.2) is 36.4 Å². The van der Waals surface area contributed by atoms with Gasteiger partial charge in [-0.3, -0.25) is 4.79 Å². The average molecular weight is 383 g/mol. The van der Waals surface area contributed by atoms with Gasteiger partial charge in [-0.2, -0.15) is 0 Å². The van der Waals surface area contributed by atoms with E-state index in [2.05, 4.69) is 10.6 Å². The number of rotatable bonds is 7. The number of ether oxygens (including phenoxy) is 2. The lowest BCUT2D eigenvalue weighted by Gasteiger charge is -2.17. The first-order valence-corrected chi connectivity index (χ1v) is 8.53. The number of anilines is 2. The third-order valence-corrected chi connectivity index (χ3v) is 3.81. The summed E-state index contributed by atoms with van der Waals surface area (Å²) < 4.78 is 10.8. The first-order valence-electron chi connectivity index (χ1n) is 7.77. The maximum atomic E-state index is 12.3. The van der Waals surface area contributed by atoms with E-state index >= 15 is 0 Å². The van der Waals surface area contributed by atoms with Crippen molar-refractivity contribution >= 4 is 40.5 Å². The van der Waals surface area contributed by atoms with Crippen molar-refractivity contribution in [2.75, 3.05) is 24.4 Å². The van der Waals surface area contributed by atoms with Crippen LogP contribution in [0.25, 0.3) is 0 Å². The summed E-state index contributed by atoms with van der Waals surface area (Å²) in [6, 6.07) is 9.80. The van der Waals surface area contributed by atoms with Crippen molar-refractivity contribution < 1.29 is 14.3 Å². The highest BCUT2D eigenvalue weighted by Gasteiger charge is 2.15. The Morgan fingerprint density at radius 1 is 1.08 bits per heavy atom. The molecular formula is C18H20Cl2N2O3. The fourth-order valence-electron chi connectivity index (χ4n) is 2.22. The van der Waals surface area contributed by atoms with Crippen molar-refractivity contribution in [1.82, 2.24) is 0 Å². The lowest BCUT2D eigenvalue weighted by molar-refractivity contribution is -0.116. The van der Waals surface area contributed by atoms with Gasteiger partial charge in [-0.25, -0.2) is 0 Å². The van der Waals surface area contributed by atoms with Crippen LogP contribution in [0.2, 0.25) is 10.0 Å². The van der Waals surface area contributed by atoms with Gasteiger partial charge in [-0.05, 0) is 44.2 Å². The zero-order chi connectivity index (χ0) is 18.4. The van der Waals surface area contributed by atoms with E-state index in [4.69, 9.17) is 32.7 Å². The van der Waals surface area contributed by atoms with Crippen molar-refractivity contribution in [1.29, 1.82) is 0 Å². The summed E-state index contributed by atoms with van der Waals surface area (Å²) >= 11 is 11.9. The summed E-state index contributed by atoms with van der Waals surface area (Å²) in [6.07, 6.45) is 0. The minimum atomic E-state index is -0.486. The fourth-order valence-corrected chi connectivity index (χ4v) is 2.75. The largest absolute Gasteiger partial charge is 0.493 e.